The van der Waals surface area contributed by atoms with Gasteiger partial charge in [-0.05, 0) is 17.7 Å². The predicted molar refractivity (Wildman–Crippen MR) is 58.3 cm³/mol. The first-order valence-corrected chi connectivity index (χ1v) is 5.26. The summed E-state index contributed by atoms with van der Waals surface area (Å²) in [6, 6.07) is 7.29. The van der Waals surface area contributed by atoms with Crippen LogP contribution in [0.3, 0.4) is 0 Å². The molecule has 1 aromatic rings. The number of hydrogen-bond acceptors (Lipinski definition) is 2. The Hall–Kier alpha value is -0.850. The van der Waals surface area contributed by atoms with Crippen molar-refractivity contribution in [2.24, 2.45) is 0 Å². The maximum Gasteiger partial charge on any atom is 0.151 e. The van der Waals surface area contributed by atoms with Gasteiger partial charge in [-0.15, -0.1) is 11.6 Å². The summed E-state index contributed by atoms with van der Waals surface area (Å²) in [7, 11) is 0. The summed E-state index contributed by atoms with van der Waals surface area (Å²) in [5.74, 6) is -0.0912. The zero-order valence-electron chi connectivity index (χ0n) is 7.26. The summed E-state index contributed by atoms with van der Waals surface area (Å²) in [5.41, 5.74) is 1.24. The van der Waals surface area contributed by atoms with Gasteiger partial charge in [0.15, 0.2) is 5.78 Å². The van der Waals surface area contributed by atoms with E-state index in [1.165, 1.54) is 0 Å². The first-order valence-electron chi connectivity index (χ1n) is 3.93. The van der Waals surface area contributed by atoms with Crippen LogP contribution in [0, 0.1) is 11.3 Å². The summed E-state index contributed by atoms with van der Waals surface area (Å²) in [5, 5.41) is 8.81. The minimum Gasteiger partial charge on any atom is -0.298 e. The number of hydrogen-bond donors (Lipinski definition) is 0. The lowest BCUT2D eigenvalue weighted by Gasteiger charge is -2.01. The number of nitrogens with zero attached hydrogens (tertiary/aromatic N) is 1. The van der Waals surface area contributed by atoms with Crippen LogP contribution in [0.5, 0.6) is 0 Å². The number of carbonyl (C=O) groups excluding carboxylic acids is 1. The first kappa shape index (κ1) is 11.2. The van der Waals surface area contributed by atoms with Crippen molar-refractivity contribution in [2.75, 3.05) is 5.88 Å². The van der Waals surface area contributed by atoms with Crippen LogP contribution >= 0.6 is 27.5 Å². The Balaban J connectivity index is 2.98. The van der Waals surface area contributed by atoms with Crippen LogP contribution < -0.4 is 0 Å². The molecule has 0 aliphatic carbocycles. The van der Waals surface area contributed by atoms with E-state index in [9.17, 15) is 4.79 Å². The monoisotopic (exact) mass is 271 g/mol. The van der Waals surface area contributed by atoms with E-state index in [1.54, 1.807) is 18.2 Å². The predicted octanol–water partition coefficient (Wildman–Crippen LogP) is 2.67. The van der Waals surface area contributed by atoms with Crippen molar-refractivity contribution in [1.29, 1.82) is 5.26 Å². The molecule has 0 spiro atoms. The number of rotatable bonds is 3. The lowest BCUT2D eigenvalue weighted by Crippen LogP contribution is -2.05. The van der Waals surface area contributed by atoms with Crippen LogP contribution in [0.25, 0.3) is 0 Å². The lowest BCUT2D eigenvalue weighted by molar-refractivity contribution is -0.116. The topological polar surface area (TPSA) is 40.9 Å². The molecule has 0 radical (unpaired) electrons. The van der Waals surface area contributed by atoms with Gasteiger partial charge in [-0.3, -0.25) is 4.79 Å². The van der Waals surface area contributed by atoms with E-state index >= 15 is 0 Å². The Morgan fingerprint density at radius 3 is 2.86 bits per heavy atom. The number of benzene rings is 1. The van der Waals surface area contributed by atoms with Crippen molar-refractivity contribution in [3.8, 4) is 6.07 Å². The second-order valence-corrected chi connectivity index (χ2v) is 3.95. The first-order chi connectivity index (χ1) is 6.67. The molecule has 72 valence electrons. The molecule has 1 aromatic carbocycles. The fraction of sp³-hybridized carbons (Fsp3) is 0.200. The average Bonchev–Trinajstić information content (AvgIpc) is 2.20. The van der Waals surface area contributed by atoms with Gasteiger partial charge in [0.2, 0.25) is 0 Å². The van der Waals surface area contributed by atoms with Gasteiger partial charge >= 0.3 is 0 Å². The van der Waals surface area contributed by atoms with Crippen molar-refractivity contribution in [1.82, 2.24) is 0 Å². The van der Waals surface area contributed by atoms with E-state index in [0.29, 0.717) is 5.56 Å². The van der Waals surface area contributed by atoms with Crippen LogP contribution in [0.1, 0.15) is 11.1 Å². The highest BCUT2D eigenvalue weighted by atomic mass is 79.9. The van der Waals surface area contributed by atoms with Crippen LogP contribution in [0.15, 0.2) is 22.7 Å². The zero-order valence-corrected chi connectivity index (χ0v) is 9.60. The number of halogens is 2. The SMILES string of the molecule is N#Cc1cc(Br)ccc1CC(=O)CCl. The van der Waals surface area contributed by atoms with Crippen molar-refractivity contribution in [3.63, 3.8) is 0 Å². The molecule has 0 saturated heterocycles. The number of carbonyl (C=O) groups is 1. The van der Waals surface area contributed by atoms with Crippen molar-refractivity contribution in [3.05, 3.63) is 33.8 Å². The van der Waals surface area contributed by atoms with E-state index in [1.807, 2.05) is 6.07 Å². The molecule has 2 nitrogen and oxygen atoms in total. The number of ketones is 1. The summed E-state index contributed by atoms with van der Waals surface area (Å²) >= 11 is 8.65. The van der Waals surface area contributed by atoms with Crippen LogP contribution in [-0.2, 0) is 11.2 Å². The molecule has 0 N–H and O–H groups in total. The zero-order chi connectivity index (χ0) is 10.6. The summed E-state index contributed by atoms with van der Waals surface area (Å²) in [6.07, 6.45) is 0.222. The third-order valence-electron chi connectivity index (χ3n) is 1.73. The van der Waals surface area contributed by atoms with Crippen molar-refractivity contribution >= 4 is 33.3 Å². The van der Waals surface area contributed by atoms with Crippen LogP contribution in [0.4, 0.5) is 0 Å². The molecule has 0 aromatic heterocycles. The molecule has 0 fully saturated rings. The summed E-state index contributed by atoms with van der Waals surface area (Å²) in [4.78, 5) is 11.1. The smallest absolute Gasteiger partial charge is 0.151 e. The van der Waals surface area contributed by atoms with E-state index < -0.39 is 0 Å². The van der Waals surface area contributed by atoms with Gasteiger partial charge in [-0.25, -0.2) is 0 Å². The Morgan fingerprint density at radius 1 is 1.57 bits per heavy atom. The van der Waals surface area contributed by atoms with Gasteiger partial charge in [0, 0.05) is 10.9 Å². The molecule has 14 heavy (non-hydrogen) atoms. The second kappa shape index (κ2) is 5.14. The Morgan fingerprint density at radius 2 is 2.29 bits per heavy atom. The summed E-state index contributed by atoms with van der Waals surface area (Å²) < 4.78 is 0.830. The fourth-order valence-electron chi connectivity index (χ4n) is 1.07. The molecule has 0 bridgehead atoms. The fourth-order valence-corrected chi connectivity index (χ4v) is 1.52. The average molecular weight is 273 g/mol. The number of nitriles is 1. The largest absolute Gasteiger partial charge is 0.298 e. The van der Waals surface area contributed by atoms with E-state index in [0.717, 1.165) is 10.0 Å². The van der Waals surface area contributed by atoms with Gasteiger partial charge in [0.25, 0.3) is 0 Å². The summed E-state index contributed by atoms with van der Waals surface area (Å²) in [6.45, 7) is 0. The van der Waals surface area contributed by atoms with Gasteiger partial charge in [0.1, 0.15) is 0 Å². The molecule has 0 aliphatic heterocycles. The third kappa shape index (κ3) is 2.83. The van der Waals surface area contributed by atoms with Gasteiger partial charge in [-0.1, -0.05) is 22.0 Å². The molecular weight excluding hydrogens is 265 g/mol. The number of Topliss-reactive ketones (excluding diaryl/α,β-unsaturated/α-hetero) is 1. The molecule has 0 unspecified atom stereocenters. The lowest BCUT2D eigenvalue weighted by atomic mass is 10.0. The maximum atomic E-state index is 11.1. The third-order valence-corrected chi connectivity index (χ3v) is 2.52. The molecule has 0 amide bonds. The minimum atomic E-state index is -0.0783. The van der Waals surface area contributed by atoms with E-state index in [4.69, 9.17) is 16.9 Å². The highest BCUT2D eigenvalue weighted by Gasteiger charge is 2.07. The van der Waals surface area contributed by atoms with Gasteiger partial charge < -0.3 is 0 Å². The van der Waals surface area contributed by atoms with Crippen LogP contribution in [0.2, 0.25) is 0 Å². The van der Waals surface area contributed by atoms with Crippen LogP contribution in [-0.4, -0.2) is 11.7 Å². The second-order valence-electron chi connectivity index (χ2n) is 2.76. The maximum absolute atomic E-state index is 11.1. The normalized spacial score (nSPS) is 9.50. The molecule has 0 heterocycles. The molecule has 4 heteroatoms. The quantitative estimate of drug-likeness (QED) is 0.794. The molecule has 0 atom stereocenters. The highest BCUT2D eigenvalue weighted by Crippen LogP contribution is 2.16. The van der Waals surface area contributed by atoms with Crippen molar-refractivity contribution in [2.45, 2.75) is 6.42 Å². The highest BCUT2D eigenvalue weighted by molar-refractivity contribution is 9.10. The Kier molecular flexibility index (Phi) is 4.12. The van der Waals surface area contributed by atoms with Crippen molar-refractivity contribution < 1.29 is 4.79 Å². The number of alkyl halides is 1. The molecular formula is C10H7BrClNO. The molecule has 0 saturated carbocycles. The van der Waals surface area contributed by atoms with E-state index in [-0.39, 0.29) is 18.1 Å². The van der Waals surface area contributed by atoms with E-state index in [2.05, 4.69) is 15.9 Å². The standard InChI is InChI=1S/C10H7BrClNO/c11-9-2-1-7(4-10(14)5-12)8(3-9)6-13/h1-3H,4-5H2. The molecule has 0 aliphatic rings. The Labute approximate surface area is 95.6 Å². The van der Waals surface area contributed by atoms with Gasteiger partial charge in [-0.2, -0.15) is 5.26 Å². The minimum absolute atomic E-state index is 0.0130. The Bertz CT molecular complexity index is 398. The molecule has 1 rings (SSSR count). The van der Waals surface area contributed by atoms with Gasteiger partial charge in [0.05, 0.1) is 17.5 Å².